The first-order chi connectivity index (χ1) is 9.77. The number of hydrogen-bond donors (Lipinski definition) is 1. The Labute approximate surface area is 133 Å². The van der Waals surface area contributed by atoms with E-state index in [0.29, 0.717) is 11.9 Å². The maximum Gasteiger partial charge on any atom is 0.226 e. The third kappa shape index (κ3) is 3.41. The van der Waals surface area contributed by atoms with Gasteiger partial charge in [0.05, 0.1) is 6.04 Å². The molecule has 1 unspecified atom stereocenters. The van der Waals surface area contributed by atoms with E-state index in [1.54, 1.807) is 0 Å². The van der Waals surface area contributed by atoms with E-state index in [0.717, 1.165) is 45.3 Å². The van der Waals surface area contributed by atoms with E-state index in [1.165, 1.54) is 11.1 Å². The third-order valence-corrected chi connectivity index (χ3v) is 4.77. The van der Waals surface area contributed by atoms with Crippen LogP contribution in [-0.2, 0) is 4.79 Å². The van der Waals surface area contributed by atoms with Crippen molar-refractivity contribution in [3.8, 4) is 0 Å². The minimum atomic E-state index is 0. The lowest BCUT2D eigenvalue weighted by molar-refractivity contribution is -0.137. The average molecular weight is 309 g/mol. The molecule has 21 heavy (non-hydrogen) atoms. The van der Waals surface area contributed by atoms with E-state index in [2.05, 4.69) is 41.4 Å². The fraction of sp³-hybridized carbons (Fsp3) is 0.588. The molecule has 2 aliphatic rings. The van der Waals surface area contributed by atoms with Gasteiger partial charge in [0.2, 0.25) is 5.91 Å². The molecule has 2 saturated heterocycles. The molecular weight excluding hydrogens is 284 g/mol. The van der Waals surface area contributed by atoms with Gasteiger partial charge < -0.3 is 10.2 Å². The first-order valence-corrected chi connectivity index (χ1v) is 7.84. The molecule has 0 spiro atoms. The van der Waals surface area contributed by atoms with Crippen LogP contribution in [0.15, 0.2) is 24.3 Å². The molecule has 3 rings (SSSR count). The van der Waals surface area contributed by atoms with Crippen LogP contribution < -0.4 is 5.32 Å². The number of rotatable bonds is 2. The van der Waals surface area contributed by atoms with E-state index in [9.17, 15) is 4.79 Å². The summed E-state index contributed by atoms with van der Waals surface area (Å²) < 4.78 is 0. The van der Waals surface area contributed by atoms with Crippen LogP contribution in [0.4, 0.5) is 0 Å². The lowest BCUT2D eigenvalue weighted by Gasteiger charge is -2.31. The van der Waals surface area contributed by atoms with Crippen molar-refractivity contribution in [2.24, 2.45) is 5.92 Å². The number of halogens is 1. The first kappa shape index (κ1) is 16.3. The fourth-order valence-electron chi connectivity index (χ4n) is 3.62. The summed E-state index contributed by atoms with van der Waals surface area (Å²) in [5, 5.41) is 3.34. The van der Waals surface area contributed by atoms with Gasteiger partial charge in [-0.1, -0.05) is 24.3 Å². The minimum absolute atomic E-state index is 0. The molecule has 1 N–H and O–H groups in total. The molecule has 1 aromatic rings. The largest absolute Gasteiger partial charge is 0.335 e. The molecule has 1 amide bonds. The molecule has 0 saturated carbocycles. The van der Waals surface area contributed by atoms with Gasteiger partial charge in [-0.2, -0.15) is 0 Å². The van der Waals surface area contributed by atoms with Crippen LogP contribution in [-0.4, -0.2) is 30.4 Å². The highest BCUT2D eigenvalue weighted by molar-refractivity contribution is 5.85. The summed E-state index contributed by atoms with van der Waals surface area (Å²) in [6, 6.07) is 8.81. The second kappa shape index (κ2) is 7.28. The summed E-state index contributed by atoms with van der Waals surface area (Å²) in [7, 11) is 0. The van der Waals surface area contributed by atoms with Crippen molar-refractivity contribution in [2.75, 3.05) is 19.6 Å². The topological polar surface area (TPSA) is 32.3 Å². The Morgan fingerprint density at radius 2 is 1.90 bits per heavy atom. The molecule has 0 aromatic heterocycles. The van der Waals surface area contributed by atoms with Gasteiger partial charge in [-0.3, -0.25) is 4.79 Å². The number of carbonyl (C=O) groups is 1. The quantitative estimate of drug-likeness (QED) is 0.910. The Morgan fingerprint density at radius 1 is 1.19 bits per heavy atom. The van der Waals surface area contributed by atoms with E-state index < -0.39 is 0 Å². The maximum atomic E-state index is 12.8. The summed E-state index contributed by atoms with van der Waals surface area (Å²) >= 11 is 0. The van der Waals surface area contributed by atoms with Crippen molar-refractivity contribution in [3.05, 3.63) is 35.4 Å². The summed E-state index contributed by atoms with van der Waals surface area (Å²) in [4.78, 5) is 14.9. The Morgan fingerprint density at radius 3 is 2.62 bits per heavy atom. The average Bonchev–Trinajstić information content (AvgIpc) is 2.97. The van der Waals surface area contributed by atoms with Crippen molar-refractivity contribution in [3.63, 3.8) is 0 Å². The molecule has 0 bridgehead atoms. The number of aryl methyl sites for hydroxylation is 1. The van der Waals surface area contributed by atoms with E-state index >= 15 is 0 Å². The molecule has 0 radical (unpaired) electrons. The highest BCUT2D eigenvalue weighted by Crippen LogP contribution is 2.35. The van der Waals surface area contributed by atoms with Gasteiger partial charge in [-0.05, 0) is 56.8 Å². The molecule has 1 atom stereocenters. The smallest absolute Gasteiger partial charge is 0.226 e. The van der Waals surface area contributed by atoms with Gasteiger partial charge in [0.25, 0.3) is 0 Å². The van der Waals surface area contributed by atoms with Crippen LogP contribution in [0.5, 0.6) is 0 Å². The van der Waals surface area contributed by atoms with Crippen molar-refractivity contribution >= 4 is 18.3 Å². The number of piperidine rings is 1. The summed E-state index contributed by atoms with van der Waals surface area (Å²) in [6.07, 6.45) is 4.24. The van der Waals surface area contributed by atoms with Gasteiger partial charge in [0.15, 0.2) is 0 Å². The van der Waals surface area contributed by atoms with Crippen LogP contribution in [0.3, 0.4) is 0 Å². The maximum absolute atomic E-state index is 12.8. The lowest BCUT2D eigenvalue weighted by Crippen LogP contribution is -2.40. The molecule has 1 aromatic carbocycles. The van der Waals surface area contributed by atoms with Gasteiger partial charge in [-0.25, -0.2) is 0 Å². The molecule has 0 aliphatic carbocycles. The SMILES string of the molecule is Cc1ccccc1C1CCCN1C(=O)C1CCNCC1.Cl. The fourth-order valence-corrected chi connectivity index (χ4v) is 3.62. The molecule has 2 fully saturated rings. The van der Waals surface area contributed by atoms with Crippen LogP contribution in [0.1, 0.15) is 42.9 Å². The predicted molar refractivity (Wildman–Crippen MR) is 87.7 cm³/mol. The number of carbonyl (C=O) groups excluding carboxylic acids is 1. The van der Waals surface area contributed by atoms with Gasteiger partial charge in [-0.15, -0.1) is 12.4 Å². The van der Waals surface area contributed by atoms with Crippen LogP contribution >= 0.6 is 12.4 Å². The number of nitrogens with one attached hydrogen (secondary N) is 1. The predicted octanol–water partition coefficient (Wildman–Crippen LogP) is 3.08. The molecule has 2 heterocycles. The van der Waals surface area contributed by atoms with E-state index in [4.69, 9.17) is 0 Å². The summed E-state index contributed by atoms with van der Waals surface area (Å²) in [5.74, 6) is 0.623. The molecule has 4 heteroatoms. The van der Waals surface area contributed by atoms with E-state index in [-0.39, 0.29) is 18.3 Å². The highest BCUT2D eigenvalue weighted by Gasteiger charge is 2.34. The summed E-state index contributed by atoms with van der Waals surface area (Å²) in [6.45, 7) is 5.06. The van der Waals surface area contributed by atoms with Crippen molar-refractivity contribution in [2.45, 2.75) is 38.6 Å². The highest BCUT2D eigenvalue weighted by atomic mass is 35.5. The van der Waals surface area contributed by atoms with Crippen LogP contribution in [0.25, 0.3) is 0 Å². The van der Waals surface area contributed by atoms with E-state index in [1.807, 2.05) is 0 Å². The van der Waals surface area contributed by atoms with Gasteiger partial charge in [0, 0.05) is 12.5 Å². The second-order valence-electron chi connectivity index (χ2n) is 6.07. The van der Waals surface area contributed by atoms with Crippen molar-refractivity contribution in [1.82, 2.24) is 10.2 Å². The first-order valence-electron chi connectivity index (χ1n) is 7.84. The Bertz CT molecular complexity index is 485. The molecule has 116 valence electrons. The normalized spacial score (nSPS) is 22.9. The second-order valence-corrected chi connectivity index (χ2v) is 6.07. The number of amides is 1. The zero-order valence-electron chi connectivity index (χ0n) is 12.7. The third-order valence-electron chi connectivity index (χ3n) is 4.77. The number of benzene rings is 1. The van der Waals surface area contributed by atoms with Crippen LogP contribution in [0, 0.1) is 12.8 Å². The van der Waals surface area contributed by atoms with Gasteiger partial charge in [0.1, 0.15) is 0 Å². The monoisotopic (exact) mass is 308 g/mol. The van der Waals surface area contributed by atoms with Crippen molar-refractivity contribution < 1.29 is 4.79 Å². The summed E-state index contributed by atoms with van der Waals surface area (Å²) in [5.41, 5.74) is 2.65. The lowest BCUT2D eigenvalue weighted by atomic mass is 9.94. The Kier molecular flexibility index (Phi) is 5.65. The zero-order chi connectivity index (χ0) is 13.9. The molecule has 2 aliphatic heterocycles. The zero-order valence-corrected chi connectivity index (χ0v) is 13.5. The minimum Gasteiger partial charge on any atom is -0.335 e. The Balaban J connectivity index is 0.00000161. The molecular formula is C17H25ClN2O. The Hall–Kier alpha value is -1.06. The molecule has 3 nitrogen and oxygen atoms in total. The van der Waals surface area contributed by atoms with Crippen LogP contribution in [0.2, 0.25) is 0 Å². The van der Waals surface area contributed by atoms with Gasteiger partial charge >= 0.3 is 0 Å². The number of nitrogens with zero attached hydrogens (tertiary/aromatic N) is 1. The standard InChI is InChI=1S/C17H24N2O.ClH/c1-13-5-2-3-6-15(13)16-7-4-12-19(16)17(20)14-8-10-18-11-9-14;/h2-3,5-6,14,16,18H,4,7-12H2,1H3;1H. The number of hydrogen-bond acceptors (Lipinski definition) is 2. The number of likely N-dealkylation sites (tertiary alicyclic amines) is 1. The van der Waals surface area contributed by atoms with Crippen molar-refractivity contribution in [1.29, 1.82) is 0 Å².